The first-order chi connectivity index (χ1) is 12.8. The molecule has 11 heteroatoms. The molecule has 2 rings (SSSR count). The first-order valence-electron chi connectivity index (χ1n) is 8.06. The number of hydrogen-bond donors (Lipinski definition) is 3. The van der Waals surface area contributed by atoms with E-state index in [0.717, 1.165) is 30.2 Å². The Labute approximate surface area is 182 Å². The number of carbonyl (C=O) groups excluding carboxylic acids is 2. The minimum absolute atomic E-state index is 0. The summed E-state index contributed by atoms with van der Waals surface area (Å²) in [5.74, 6) is -1.34. The van der Waals surface area contributed by atoms with Crippen LogP contribution < -0.4 is 10.7 Å². The van der Waals surface area contributed by atoms with Gasteiger partial charge in [0.25, 0.3) is 5.69 Å². The van der Waals surface area contributed by atoms with Crippen LogP contribution in [-0.2, 0) is 39.1 Å². The Kier molecular flexibility index (Phi) is 10.5. The molecule has 0 aliphatic rings. The largest absolute Gasteiger partial charge is 0.506 e. The third kappa shape index (κ3) is 7.12. The number of Topliss-reactive ketones (excluding diaryl/α,β-unsaturated/α-hetero) is 1. The second-order valence-corrected chi connectivity index (χ2v) is 5.61. The van der Waals surface area contributed by atoms with Gasteiger partial charge in [-0.2, -0.15) is 5.10 Å². The van der Waals surface area contributed by atoms with Crippen LogP contribution in [0, 0.1) is 10.1 Å². The topological polar surface area (TPSA) is 171 Å². The fourth-order valence-electron chi connectivity index (χ4n) is 2.21. The Hall–Kier alpha value is -3.05. The van der Waals surface area contributed by atoms with Crippen molar-refractivity contribution in [3.63, 3.8) is 0 Å². The Balaban J connectivity index is 0.00000392. The summed E-state index contributed by atoms with van der Waals surface area (Å²) in [6, 6.07) is 10.6. The molecule has 7 N–H and O–H groups in total. The summed E-state index contributed by atoms with van der Waals surface area (Å²) in [4.78, 5) is 32.2. The van der Waals surface area contributed by atoms with E-state index < -0.39 is 16.6 Å². The van der Waals surface area contributed by atoms with E-state index >= 15 is 0 Å². The number of aromatic hydroxyl groups is 1. The van der Waals surface area contributed by atoms with Crippen molar-refractivity contribution in [2.45, 2.75) is 20.3 Å². The van der Waals surface area contributed by atoms with Gasteiger partial charge in [-0.3, -0.25) is 30.4 Å². The number of aryl methyl sites for hydroxylation is 1. The number of carbonyl (C=O) groups is 1. The average molecular weight is 498 g/mol. The second kappa shape index (κ2) is 11.7. The number of nitro benzene ring substituents is 1. The number of nitrogens with one attached hydrogen (secondary N) is 2. The van der Waals surface area contributed by atoms with Crippen LogP contribution >= 0.6 is 0 Å². The monoisotopic (exact) mass is 497 g/mol. The summed E-state index contributed by atoms with van der Waals surface area (Å²) in [7, 11) is 0. The fourth-order valence-corrected chi connectivity index (χ4v) is 2.21. The molecule has 0 heterocycles. The van der Waals surface area contributed by atoms with Crippen LogP contribution in [-0.4, -0.2) is 32.2 Å². The minimum Gasteiger partial charge on any atom is -0.506 e. The molecule has 0 saturated heterocycles. The van der Waals surface area contributed by atoms with Gasteiger partial charge in [0.2, 0.25) is 5.71 Å². The summed E-state index contributed by atoms with van der Waals surface area (Å²) in [5.41, 5.74) is 3.30. The van der Waals surface area contributed by atoms with Crippen molar-refractivity contribution in [2.24, 2.45) is 5.10 Å². The Morgan fingerprint density at radius 3 is 2.55 bits per heavy atom. The first kappa shape index (κ1) is 26.0. The smallest absolute Gasteiger partial charge is 0.450 e. The van der Waals surface area contributed by atoms with E-state index in [4.69, 9.17) is 0 Å². The molecule has 0 fully saturated rings. The van der Waals surface area contributed by atoms with E-state index in [9.17, 15) is 24.8 Å². The van der Waals surface area contributed by atoms with Crippen LogP contribution in [0.4, 0.5) is 17.1 Å². The molecule has 0 unspecified atom stereocenters. The molecular formula is C18H22AgN4O6+2. The molecule has 1 radical (unpaired) electrons. The summed E-state index contributed by atoms with van der Waals surface area (Å²) >= 11 is 0. The van der Waals surface area contributed by atoms with Crippen LogP contribution in [0.15, 0.2) is 47.6 Å². The molecule has 0 bridgehead atoms. The molecule has 0 spiro atoms. The zero-order valence-electron chi connectivity index (χ0n) is 15.6. The molecule has 0 aromatic heterocycles. The van der Waals surface area contributed by atoms with Crippen LogP contribution in [0.1, 0.15) is 19.4 Å². The number of benzene rings is 2. The molecule has 159 valence electrons. The zero-order valence-corrected chi connectivity index (χ0v) is 17.1. The van der Waals surface area contributed by atoms with Crippen molar-refractivity contribution in [3.05, 3.63) is 58.1 Å². The van der Waals surface area contributed by atoms with Gasteiger partial charge in [0.1, 0.15) is 11.4 Å². The standard InChI is InChI=1S/C18H18N4O5.Ag.H2O/c1-3-12-5-4-6-13(9-12)19-18(25)17(11(2)23)21-20-15-10-14(22(26)27)7-8-16(15)24;;/h4-10,20,24H,3H2,1-2H3,(H,19,25);;1H2/p+2/b21-17-;;. The summed E-state index contributed by atoms with van der Waals surface area (Å²) in [6.45, 7) is 3.19. The number of non-ortho nitro benzene ring substituents is 1. The van der Waals surface area contributed by atoms with Crippen molar-refractivity contribution in [3.8, 4) is 5.75 Å². The van der Waals surface area contributed by atoms with E-state index in [0.29, 0.717) is 5.69 Å². The molecule has 0 atom stereocenters. The van der Waals surface area contributed by atoms with Crippen molar-refractivity contribution < 1.29 is 47.5 Å². The number of nitro groups is 1. The second-order valence-electron chi connectivity index (χ2n) is 5.61. The van der Waals surface area contributed by atoms with Crippen molar-refractivity contribution in [1.82, 2.24) is 0 Å². The predicted molar refractivity (Wildman–Crippen MR) is 108 cm³/mol. The van der Waals surface area contributed by atoms with Crippen LogP contribution in [0.5, 0.6) is 5.75 Å². The summed E-state index contributed by atoms with van der Waals surface area (Å²) < 4.78 is 0. The maximum atomic E-state index is 11.8. The predicted octanol–water partition coefficient (Wildman–Crippen LogP) is 1.91. The molecule has 0 aliphatic heterocycles. The summed E-state index contributed by atoms with van der Waals surface area (Å²) in [5, 5.41) is 27.1. The zero-order chi connectivity index (χ0) is 20.0. The van der Waals surface area contributed by atoms with Crippen molar-refractivity contribution >= 4 is 34.5 Å². The molecular weight excluding hydrogens is 476 g/mol. The maximum absolute atomic E-state index is 11.8. The number of hydrogen-bond acceptors (Lipinski definition) is 6. The molecule has 0 aliphatic carbocycles. The number of phenolic OH excluding ortho intramolecular Hbond substituents is 1. The number of anilines is 2. The SMILES string of the molecule is CCc1cccc(NC(=[OH+])/C(=N\Nc2cc([N+](=O)[O-])ccc2O)C(C)=O)c1.[Ag].[OH3+]. The van der Waals surface area contributed by atoms with Gasteiger partial charge in [-0.15, -0.1) is 0 Å². The molecule has 1 amide bonds. The Bertz CT molecular complexity index is 932. The van der Waals surface area contributed by atoms with E-state index in [1.807, 2.05) is 19.1 Å². The van der Waals surface area contributed by atoms with Gasteiger partial charge < -0.3 is 10.6 Å². The van der Waals surface area contributed by atoms with Gasteiger partial charge >= 0.3 is 5.91 Å². The van der Waals surface area contributed by atoms with E-state index in [-0.39, 0.29) is 50.7 Å². The normalized spacial score (nSPS) is 10.2. The average Bonchev–Trinajstić information content (AvgIpc) is 2.62. The fraction of sp³-hybridized carbons (Fsp3) is 0.167. The third-order valence-electron chi connectivity index (χ3n) is 3.63. The quantitative estimate of drug-likeness (QED) is 0.101. The first-order valence-corrected chi connectivity index (χ1v) is 8.06. The van der Waals surface area contributed by atoms with Gasteiger partial charge in [0, 0.05) is 47.1 Å². The van der Waals surface area contributed by atoms with Gasteiger partial charge in [-0.25, -0.2) is 0 Å². The van der Waals surface area contributed by atoms with Crippen LogP contribution in [0.3, 0.4) is 0 Å². The Morgan fingerprint density at radius 1 is 1.28 bits per heavy atom. The number of rotatable bonds is 7. The van der Waals surface area contributed by atoms with E-state index in [1.54, 1.807) is 12.1 Å². The molecule has 10 nitrogen and oxygen atoms in total. The number of hydrazone groups is 1. The van der Waals surface area contributed by atoms with Gasteiger partial charge in [0.15, 0.2) is 5.78 Å². The van der Waals surface area contributed by atoms with Crippen LogP contribution in [0.25, 0.3) is 0 Å². The Morgan fingerprint density at radius 2 is 1.97 bits per heavy atom. The van der Waals surface area contributed by atoms with Crippen molar-refractivity contribution in [2.75, 3.05) is 10.7 Å². The van der Waals surface area contributed by atoms with Gasteiger partial charge in [0.05, 0.1) is 4.92 Å². The summed E-state index contributed by atoms with van der Waals surface area (Å²) in [6.07, 6.45) is 0.803. The molecule has 2 aromatic carbocycles. The number of ketones is 1. The van der Waals surface area contributed by atoms with Crippen LogP contribution in [0.2, 0.25) is 0 Å². The van der Waals surface area contributed by atoms with E-state index in [2.05, 4.69) is 15.8 Å². The maximum Gasteiger partial charge on any atom is 0.450 e. The van der Waals surface area contributed by atoms with Gasteiger partial charge in [-0.05, 0) is 30.2 Å². The molecule has 0 saturated carbocycles. The molecule has 2 aromatic rings. The number of phenols is 1. The molecule has 29 heavy (non-hydrogen) atoms. The van der Waals surface area contributed by atoms with Gasteiger partial charge in [-0.1, -0.05) is 19.1 Å². The minimum atomic E-state index is -0.633. The van der Waals surface area contributed by atoms with E-state index in [1.165, 1.54) is 6.92 Å². The number of nitrogens with zero attached hydrogens (tertiary/aromatic N) is 2. The third-order valence-corrected chi connectivity index (χ3v) is 3.63. The number of amides is 1. The van der Waals surface area contributed by atoms with Crippen molar-refractivity contribution in [1.29, 1.82) is 0 Å².